The minimum atomic E-state index is -3.81. The van der Waals surface area contributed by atoms with Gasteiger partial charge < -0.3 is 9.84 Å². The third kappa shape index (κ3) is 4.97. The fourth-order valence-electron chi connectivity index (χ4n) is 2.96. The zero-order valence-electron chi connectivity index (χ0n) is 17.4. The van der Waals surface area contributed by atoms with Gasteiger partial charge in [0.25, 0.3) is 10.0 Å². The van der Waals surface area contributed by atoms with Crippen molar-refractivity contribution < 1.29 is 22.5 Å². The number of hydrogen-bond acceptors (Lipinski definition) is 7. The zero-order valence-corrected chi connectivity index (χ0v) is 19.0. The molecule has 4 rings (SSSR count). The molecule has 1 aliphatic rings. The van der Waals surface area contributed by atoms with Gasteiger partial charge in [0.05, 0.1) is 0 Å². The summed E-state index contributed by atoms with van der Waals surface area (Å²) in [4.78, 5) is 24.3. The van der Waals surface area contributed by atoms with E-state index in [1.807, 2.05) is 0 Å². The fourth-order valence-corrected chi connectivity index (χ4v) is 5.24. The predicted octanol–water partition coefficient (Wildman–Crippen LogP) is 4.57. The monoisotopic (exact) mass is 471 g/mol. The second-order valence-corrected chi connectivity index (χ2v) is 10.5. The molecule has 2 N–H and O–H groups in total. The second kappa shape index (κ2) is 8.71. The van der Waals surface area contributed by atoms with Crippen molar-refractivity contribution in [1.82, 2.24) is 5.16 Å². The van der Waals surface area contributed by atoms with Crippen LogP contribution in [0.2, 0.25) is 0 Å². The van der Waals surface area contributed by atoms with Gasteiger partial charge in [-0.2, -0.15) is 0 Å². The van der Waals surface area contributed by atoms with Gasteiger partial charge in [0.2, 0.25) is 5.91 Å². The summed E-state index contributed by atoms with van der Waals surface area (Å²) in [5.74, 6) is 0.253. The van der Waals surface area contributed by atoms with Crippen LogP contribution < -0.4 is 10.0 Å². The summed E-state index contributed by atoms with van der Waals surface area (Å²) in [5, 5.41) is 6.76. The van der Waals surface area contributed by atoms with Crippen LogP contribution in [0, 0.1) is 12.8 Å². The largest absolute Gasteiger partial charge is 0.354 e. The van der Waals surface area contributed by atoms with Crippen molar-refractivity contribution in [3.05, 3.63) is 58.3 Å². The second-order valence-electron chi connectivity index (χ2n) is 7.50. The Morgan fingerprint density at radius 1 is 1.19 bits per heavy atom. The van der Waals surface area contributed by atoms with Crippen LogP contribution in [0.4, 0.5) is 11.4 Å². The maximum Gasteiger partial charge on any atom is 0.271 e. The maximum absolute atomic E-state index is 12.7. The van der Waals surface area contributed by atoms with Crippen LogP contribution >= 0.6 is 11.3 Å². The lowest BCUT2D eigenvalue weighted by molar-refractivity contribution is -0.117. The summed E-state index contributed by atoms with van der Waals surface area (Å²) in [7, 11) is -3.81. The van der Waals surface area contributed by atoms with E-state index in [4.69, 9.17) is 4.52 Å². The molecule has 166 valence electrons. The van der Waals surface area contributed by atoms with E-state index in [1.54, 1.807) is 43.3 Å². The SMILES string of the molecule is CC(=O)c1cccc(NS(=O)(=O)c2ccc(C=Cc3onc(C)c3NC(=O)C3CC3)s2)c1. The summed E-state index contributed by atoms with van der Waals surface area (Å²) in [6, 6.07) is 9.51. The molecule has 0 radical (unpaired) electrons. The molecule has 32 heavy (non-hydrogen) atoms. The molecule has 1 fully saturated rings. The van der Waals surface area contributed by atoms with Gasteiger partial charge in [-0.1, -0.05) is 17.3 Å². The van der Waals surface area contributed by atoms with Gasteiger partial charge in [0, 0.05) is 22.0 Å². The van der Waals surface area contributed by atoms with Crippen molar-refractivity contribution in [2.75, 3.05) is 10.0 Å². The number of amides is 1. The van der Waals surface area contributed by atoms with E-state index in [9.17, 15) is 18.0 Å². The molecule has 1 saturated carbocycles. The van der Waals surface area contributed by atoms with Crippen molar-refractivity contribution in [2.24, 2.45) is 5.92 Å². The molecule has 2 aromatic heterocycles. The molecule has 0 spiro atoms. The highest BCUT2D eigenvalue weighted by Crippen LogP contribution is 2.32. The van der Waals surface area contributed by atoms with E-state index in [-0.39, 0.29) is 21.8 Å². The van der Waals surface area contributed by atoms with Crippen molar-refractivity contribution in [3.63, 3.8) is 0 Å². The van der Waals surface area contributed by atoms with Crippen LogP contribution in [0.15, 0.2) is 45.1 Å². The van der Waals surface area contributed by atoms with Crippen LogP contribution in [0.5, 0.6) is 0 Å². The number of carbonyl (C=O) groups excluding carboxylic acids is 2. The number of sulfonamides is 1. The number of hydrogen-bond donors (Lipinski definition) is 2. The highest BCUT2D eigenvalue weighted by molar-refractivity contribution is 7.94. The standard InChI is InChI=1S/C22H21N3O5S2/c1-13-21(23-22(27)15-6-7-15)19(30-24-13)10-8-18-9-11-20(31-18)32(28,29)25-17-5-3-4-16(12-17)14(2)26/h3-5,8-12,15,25H,6-7H2,1-2H3,(H,23,27). The summed E-state index contributed by atoms with van der Waals surface area (Å²) >= 11 is 1.08. The molecular formula is C22H21N3O5S2. The number of ketones is 1. The van der Waals surface area contributed by atoms with E-state index < -0.39 is 10.0 Å². The first-order chi connectivity index (χ1) is 15.2. The third-order valence-corrected chi connectivity index (χ3v) is 7.80. The van der Waals surface area contributed by atoms with Crippen LogP contribution in [0.25, 0.3) is 12.2 Å². The summed E-state index contributed by atoms with van der Waals surface area (Å²) in [6.45, 7) is 3.16. The van der Waals surface area contributed by atoms with Gasteiger partial charge in [0.1, 0.15) is 15.6 Å². The lowest BCUT2D eigenvalue weighted by Crippen LogP contribution is -2.14. The van der Waals surface area contributed by atoms with Gasteiger partial charge in [-0.25, -0.2) is 8.42 Å². The quantitative estimate of drug-likeness (QED) is 0.465. The minimum Gasteiger partial charge on any atom is -0.354 e. The van der Waals surface area contributed by atoms with Crippen molar-refractivity contribution in [3.8, 4) is 0 Å². The smallest absolute Gasteiger partial charge is 0.271 e. The lowest BCUT2D eigenvalue weighted by atomic mass is 10.1. The number of aryl methyl sites for hydroxylation is 1. The van der Waals surface area contributed by atoms with Crippen LogP contribution in [0.1, 0.15) is 46.5 Å². The fraction of sp³-hybridized carbons (Fsp3) is 0.227. The van der Waals surface area contributed by atoms with Gasteiger partial charge in [-0.3, -0.25) is 14.3 Å². The number of rotatable bonds is 8. The van der Waals surface area contributed by atoms with Crippen LogP contribution in [-0.4, -0.2) is 25.3 Å². The molecule has 2 heterocycles. The van der Waals surface area contributed by atoms with Crippen molar-refractivity contribution in [2.45, 2.75) is 30.9 Å². The Morgan fingerprint density at radius 3 is 2.69 bits per heavy atom. The van der Waals surface area contributed by atoms with Gasteiger partial charge in [-0.05, 0) is 63.1 Å². The molecule has 0 saturated heterocycles. The highest BCUT2D eigenvalue weighted by atomic mass is 32.2. The lowest BCUT2D eigenvalue weighted by Gasteiger charge is -2.07. The van der Waals surface area contributed by atoms with E-state index in [1.165, 1.54) is 19.1 Å². The number of nitrogens with zero attached hydrogens (tertiary/aromatic N) is 1. The molecule has 3 aromatic rings. The Labute approximate surface area is 189 Å². The number of nitrogens with one attached hydrogen (secondary N) is 2. The summed E-state index contributed by atoms with van der Waals surface area (Å²) in [6.07, 6.45) is 5.13. The summed E-state index contributed by atoms with van der Waals surface area (Å²) in [5.41, 5.74) is 1.84. The average Bonchev–Trinajstić information content (AvgIpc) is 3.39. The van der Waals surface area contributed by atoms with Crippen molar-refractivity contribution >= 4 is 56.6 Å². The molecule has 10 heteroatoms. The first-order valence-corrected chi connectivity index (χ1v) is 12.2. The Morgan fingerprint density at radius 2 is 1.97 bits per heavy atom. The Hall–Kier alpha value is -3.24. The Kier molecular flexibility index (Phi) is 5.98. The molecule has 8 nitrogen and oxygen atoms in total. The molecule has 1 aromatic carbocycles. The Bertz CT molecular complexity index is 1320. The third-order valence-electron chi connectivity index (χ3n) is 4.87. The molecule has 1 aliphatic carbocycles. The molecule has 0 unspecified atom stereocenters. The number of anilines is 2. The molecule has 1 amide bonds. The predicted molar refractivity (Wildman–Crippen MR) is 123 cm³/mol. The first kappa shape index (κ1) is 22.0. The van der Waals surface area contributed by atoms with E-state index in [2.05, 4.69) is 15.2 Å². The zero-order chi connectivity index (χ0) is 22.9. The van der Waals surface area contributed by atoms with Crippen molar-refractivity contribution in [1.29, 1.82) is 0 Å². The van der Waals surface area contributed by atoms with E-state index >= 15 is 0 Å². The minimum absolute atomic E-state index is 0.0460. The van der Waals surface area contributed by atoms with Crippen LogP contribution in [0.3, 0.4) is 0 Å². The van der Waals surface area contributed by atoms with E-state index in [0.717, 1.165) is 24.2 Å². The molecular weight excluding hydrogens is 450 g/mol. The number of thiophene rings is 1. The van der Waals surface area contributed by atoms with Crippen LogP contribution in [-0.2, 0) is 14.8 Å². The molecule has 0 atom stereocenters. The molecule has 0 bridgehead atoms. The average molecular weight is 472 g/mol. The summed E-state index contributed by atoms with van der Waals surface area (Å²) < 4.78 is 33.4. The maximum atomic E-state index is 12.7. The number of benzene rings is 1. The number of Topliss-reactive ketones (excluding diaryl/α,β-unsaturated/α-hetero) is 1. The molecule has 0 aliphatic heterocycles. The normalized spacial score (nSPS) is 13.9. The van der Waals surface area contributed by atoms with Gasteiger partial charge in [-0.15, -0.1) is 11.3 Å². The van der Waals surface area contributed by atoms with Gasteiger partial charge in [0.15, 0.2) is 11.5 Å². The van der Waals surface area contributed by atoms with E-state index in [0.29, 0.717) is 33.3 Å². The first-order valence-electron chi connectivity index (χ1n) is 9.92. The van der Waals surface area contributed by atoms with Gasteiger partial charge >= 0.3 is 0 Å². The highest BCUT2D eigenvalue weighted by Gasteiger charge is 2.30. The number of aromatic nitrogens is 1. The Balaban J connectivity index is 1.49. The number of carbonyl (C=O) groups is 2. The topological polar surface area (TPSA) is 118 Å².